The molecule has 0 amide bonds. The molecule has 3 heteroatoms. The maximum absolute atomic E-state index is 4.29. The quantitative estimate of drug-likeness (QED) is 0.607. The summed E-state index contributed by atoms with van der Waals surface area (Å²) in [6, 6.07) is 4.10. The molecule has 0 unspecified atom stereocenters. The van der Waals surface area contributed by atoms with Gasteiger partial charge in [-0.25, -0.2) is 5.32 Å². The predicted octanol–water partition coefficient (Wildman–Crippen LogP) is 0.973. The molecule has 0 spiro atoms. The molecule has 2 radical (unpaired) electrons. The molecule has 0 bridgehead atoms. The first-order valence-electron chi connectivity index (χ1n) is 3.81. The smallest absolute Gasteiger partial charge is 0.0916 e. The first kappa shape index (κ1) is 7.13. The van der Waals surface area contributed by atoms with E-state index in [1.54, 1.807) is 11.3 Å². The molecule has 1 aromatic heterocycles. The van der Waals surface area contributed by atoms with Gasteiger partial charge in [0.25, 0.3) is 0 Å². The standard InChI is InChI=1S/C8H10N2S/c1-2-8(11-7-1)10-5-3-9-4-6-10/h1-2H,3-6H2. The predicted molar refractivity (Wildman–Crippen MR) is 47.2 cm³/mol. The fourth-order valence-electron chi connectivity index (χ4n) is 1.23. The van der Waals surface area contributed by atoms with Crippen LogP contribution in [-0.4, -0.2) is 26.2 Å². The van der Waals surface area contributed by atoms with Gasteiger partial charge in [-0.05, 0) is 12.1 Å². The molecular formula is C8H10N2S. The first-order chi connectivity index (χ1) is 5.47. The summed E-state index contributed by atoms with van der Waals surface area (Å²) < 4.78 is 0. The Morgan fingerprint density at radius 1 is 1.45 bits per heavy atom. The van der Waals surface area contributed by atoms with Crippen molar-refractivity contribution in [3.63, 3.8) is 0 Å². The van der Waals surface area contributed by atoms with Gasteiger partial charge in [-0.2, -0.15) is 0 Å². The van der Waals surface area contributed by atoms with E-state index in [0.29, 0.717) is 0 Å². The number of rotatable bonds is 1. The van der Waals surface area contributed by atoms with Gasteiger partial charge in [-0.3, -0.25) is 0 Å². The molecule has 1 aromatic rings. The third-order valence-corrected chi connectivity index (χ3v) is 2.68. The van der Waals surface area contributed by atoms with E-state index in [1.165, 1.54) is 5.00 Å². The van der Waals surface area contributed by atoms with Gasteiger partial charge >= 0.3 is 0 Å². The Balaban J connectivity index is 2.04. The fourth-order valence-corrected chi connectivity index (χ4v) is 1.94. The largest absolute Gasteiger partial charge is 0.361 e. The molecule has 2 heterocycles. The highest BCUT2D eigenvalue weighted by atomic mass is 32.1. The van der Waals surface area contributed by atoms with Gasteiger partial charge in [0.15, 0.2) is 0 Å². The number of anilines is 1. The van der Waals surface area contributed by atoms with Crippen LogP contribution >= 0.6 is 11.3 Å². The molecule has 0 N–H and O–H groups in total. The van der Waals surface area contributed by atoms with Gasteiger partial charge in [0.2, 0.25) is 0 Å². The van der Waals surface area contributed by atoms with E-state index in [2.05, 4.69) is 21.7 Å². The number of hydrogen-bond donors (Lipinski definition) is 0. The number of nitrogens with zero attached hydrogens (tertiary/aromatic N) is 2. The van der Waals surface area contributed by atoms with E-state index in [-0.39, 0.29) is 0 Å². The van der Waals surface area contributed by atoms with Crippen molar-refractivity contribution in [3.8, 4) is 0 Å². The van der Waals surface area contributed by atoms with Gasteiger partial charge in [0.05, 0.1) is 5.00 Å². The normalized spacial score (nSPS) is 18.7. The van der Waals surface area contributed by atoms with Gasteiger partial charge in [-0.15, -0.1) is 11.3 Å². The van der Waals surface area contributed by atoms with Crippen LogP contribution < -0.4 is 10.2 Å². The summed E-state index contributed by atoms with van der Waals surface area (Å²) in [7, 11) is 0. The van der Waals surface area contributed by atoms with Gasteiger partial charge in [-0.1, -0.05) is 0 Å². The Hall–Kier alpha value is -0.540. The number of hydrogen-bond acceptors (Lipinski definition) is 2. The molecule has 1 aliphatic heterocycles. The Kier molecular flexibility index (Phi) is 2.10. The van der Waals surface area contributed by atoms with Crippen molar-refractivity contribution in [1.29, 1.82) is 0 Å². The highest BCUT2D eigenvalue weighted by molar-refractivity contribution is 7.13. The lowest BCUT2D eigenvalue weighted by atomic mass is 10.4. The van der Waals surface area contributed by atoms with Crippen LogP contribution in [0.15, 0.2) is 12.1 Å². The van der Waals surface area contributed by atoms with Crippen molar-refractivity contribution in [3.05, 3.63) is 17.5 Å². The van der Waals surface area contributed by atoms with Gasteiger partial charge < -0.3 is 4.90 Å². The second-order valence-corrected chi connectivity index (χ2v) is 3.41. The first-order valence-corrected chi connectivity index (χ1v) is 4.62. The van der Waals surface area contributed by atoms with Crippen molar-refractivity contribution >= 4 is 16.3 Å². The fraction of sp³-hybridized carbons (Fsp3) is 0.500. The second kappa shape index (κ2) is 3.24. The van der Waals surface area contributed by atoms with Crippen molar-refractivity contribution in [2.45, 2.75) is 0 Å². The highest BCUT2D eigenvalue weighted by Gasteiger charge is 2.10. The summed E-state index contributed by atoms with van der Waals surface area (Å²) in [6.07, 6.45) is 0. The summed E-state index contributed by atoms with van der Waals surface area (Å²) in [6.45, 7) is 4.12. The molecule has 1 saturated heterocycles. The maximum Gasteiger partial charge on any atom is 0.0916 e. The zero-order valence-electron chi connectivity index (χ0n) is 6.29. The zero-order valence-corrected chi connectivity index (χ0v) is 7.10. The molecule has 0 aliphatic carbocycles. The van der Waals surface area contributed by atoms with Crippen molar-refractivity contribution < 1.29 is 0 Å². The number of thiophene rings is 1. The molecule has 1 fully saturated rings. The van der Waals surface area contributed by atoms with Crippen LogP contribution in [0.1, 0.15) is 0 Å². The zero-order chi connectivity index (χ0) is 7.52. The minimum Gasteiger partial charge on any atom is -0.361 e. The molecule has 1 aliphatic rings. The maximum atomic E-state index is 4.29. The highest BCUT2D eigenvalue weighted by Crippen LogP contribution is 2.20. The Morgan fingerprint density at radius 2 is 2.27 bits per heavy atom. The van der Waals surface area contributed by atoms with E-state index in [9.17, 15) is 0 Å². The Morgan fingerprint density at radius 3 is 2.91 bits per heavy atom. The molecular weight excluding hydrogens is 156 g/mol. The van der Waals surface area contributed by atoms with Crippen molar-refractivity contribution in [1.82, 2.24) is 5.32 Å². The number of piperazine rings is 1. The van der Waals surface area contributed by atoms with Crippen LogP contribution in [-0.2, 0) is 0 Å². The lowest BCUT2D eigenvalue weighted by Crippen LogP contribution is -2.39. The van der Waals surface area contributed by atoms with Gasteiger partial charge in [0, 0.05) is 31.6 Å². The van der Waals surface area contributed by atoms with Crippen LogP contribution in [0.3, 0.4) is 0 Å². The van der Waals surface area contributed by atoms with Crippen molar-refractivity contribution in [2.24, 2.45) is 0 Å². The van der Waals surface area contributed by atoms with Crippen LogP contribution in [0, 0.1) is 5.38 Å². The van der Waals surface area contributed by atoms with E-state index >= 15 is 0 Å². The SMILES string of the molecule is [c]1ccc(N2CC[N]CC2)s1. The third kappa shape index (κ3) is 1.54. The monoisotopic (exact) mass is 166 g/mol. The second-order valence-electron chi connectivity index (χ2n) is 2.55. The molecule has 58 valence electrons. The van der Waals surface area contributed by atoms with E-state index in [1.807, 2.05) is 6.07 Å². The topological polar surface area (TPSA) is 17.3 Å². The molecule has 0 saturated carbocycles. The minimum atomic E-state index is 0.984. The van der Waals surface area contributed by atoms with Crippen LogP contribution in [0.4, 0.5) is 5.00 Å². The lowest BCUT2D eigenvalue weighted by molar-refractivity contribution is 0.581. The van der Waals surface area contributed by atoms with E-state index < -0.39 is 0 Å². The molecule has 11 heavy (non-hydrogen) atoms. The molecule has 0 atom stereocenters. The summed E-state index contributed by atoms with van der Waals surface area (Å²) in [5.41, 5.74) is 0. The molecule has 2 nitrogen and oxygen atoms in total. The Bertz CT molecular complexity index is 202. The minimum absolute atomic E-state index is 0.984. The van der Waals surface area contributed by atoms with Gasteiger partial charge in [0.1, 0.15) is 0 Å². The molecule has 2 rings (SSSR count). The van der Waals surface area contributed by atoms with E-state index in [4.69, 9.17) is 0 Å². The van der Waals surface area contributed by atoms with Crippen LogP contribution in [0.25, 0.3) is 0 Å². The Labute approximate surface area is 70.8 Å². The summed E-state index contributed by atoms with van der Waals surface area (Å²) in [5.74, 6) is 0. The van der Waals surface area contributed by atoms with Crippen LogP contribution in [0.5, 0.6) is 0 Å². The lowest BCUT2D eigenvalue weighted by Gasteiger charge is -2.26. The summed E-state index contributed by atoms with van der Waals surface area (Å²) in [4.78, 5) is 2.37. The van der Waals surface area contributed by atoms with Crippen molar-refractivity contribution in [2.75, 3.05) is 31.1 Å². The van der Waals surface area contributed by atoms with E-state index in [0.717, 1.165) is 26.2 Å². The summed E-state index contributed by atoms with van der Waals surface area (Å²) >= 11 is 1.69. The van der Waals surface area contributed by atoms with Crippen LogP contribution in [0.2, 0.25) is 0 Å². The average Bonchev–Trinajstić information content (AvgIpc) is 2.58. The third-order valence-electron chi connectivity index (χ3n) is 1.83. The molecule has 0 aromatic carbocycles. The summed E-state index contributed by atoms with van der Waals surface area (Å²) in [5, 5.41) is 8.72. The average molecular weight is 166 g/mol.